The van der Waals surface area contributed by atoms with E-state index in [-0.39, 0.29) is 18.1 Å². The number of halogens is 1. The molecule has 3 aromatic heterocycles. The van der Waals surface area contributed by atoms with Gasteiger partial charge in [-0.2, -0.15) is 14.4 Å². The normalized spacial score (nSPS) is 13.2. The first-order valence-electron chi connectivity index (χ1n) is 11.6. The van der Waals surface area contributed by atoms with E-state index in [9.17, 15) is 4.39 Å². The van der Waals surface area contributed by atoms with Crippen molar-refractivity contribution in [2.75, 3.05) is 19.1 Å². The highest BCUT2D eigenvalue weighted by Gasteiger charge is 2.23. The van der Waals surface area contributed by atoms with E-state index < -0.39 is 6.08 Å². The monoisotopic (exact) mass is 480 g/mol. The summed E-state index contributed by atoms with van der Waals surface area (Å²) in [5.41, 5.74) is 8.59. The minimum absolute atomic E-state index is 0.00109. The van der Waals surface area contributed by atoms with Crippen LogP contribution in [0.5, 0.6) is 11.5 Å². The van der Waals surface area contributed by atoms with Crippen molar-refractivity contribution in [3.63, 3.8) is 0 Å². The van der Waals surface area contributed by atoms with Crippen molar-refractivity contribution in [1.82, 2.24) is 24.8 Å². The number of nitrogens with zero attached hydrogens (tertiary/aromatic N) is 4. The van der Waals surface area contributed by atoms with Gasteiger partial charge < -0.3 is 29.5 Å². The number of anilines is 1. The van der Waals surface area contributed by atoms with Gasteiger partial charge in [-0.1, -0.05) is 0 Å². The highest BCUT2D eigenvalue weighted by Crippen LogP contribution is 2.40. The number of nitrogen functional groups attached to an aromatic ring is 1. The van der Waals surface area contributed by atoms with Gasteiger partial charge >= 0.3 is 6.08 Å². The molecule has 3 N–H and O–H groups in total. The Kier molecular flexibility index (Phi) is 5.84. The fraction of sp³-hybridized carbons (Fsp3) is 0.400. The quantitative estimate of drug-likeness (QED) is 0.299. The van der Waals surface area contributed by atoms with Gasteiger partial charge in [0.25, 0.3) is 0 Å². The predicted molar refractivity (Wildman–Crippen MR) is 130 cm³/mol. The number of rotatable bonds is 7. The maximum absolute atomic E-state index is 14.1. The zero-order chi connectivity index (χ0) is 24.7. The molecule has 184 valence electrons. The van der Waals surface area contributed by atoms with Crippen molar-refractivity contribution in [2.45, 2.75) is 52.6 Å². The Hall–Kier alpha value is -3.66. The molecule has 35 heavy (non-hydrogen) atoms. The van der Waals surface area contributed by atoms with E-state index in [1.165, 1.54) is 0 Å². The van der Waals surface area contributed by atoms with E-state index >= 15 is 0 Å². The minimum atomic E-state index is -0.870. The molecule has 1 aliphatic heterocycles. The lowest BCUT2D eigenvalue weighted by molar-refractivity contribution is 0.174. The van der Waals surface area contributed by atoms with Crippen LogP contribution in [0.3, 0.4) is 0 Å². The van der Waals surface area contributed by atoms with Gasteiger partial charge in [0, 0.05) is 24.1 Å². The summed E-state index contributed by atoms with van der Waals surface area (Å²) < 4.78 is 33.2. The molecule has 5 rings (SSSR count). The van der Waals surface area contributed by atoms with Gasteiger partial charge in [-0.05, 0) is 70.5 Å². The summed E-state index contributed by atoms with van der Waals surface area (Å²) in [5.74, 6) is 3.57. The molecule has 10 heteroatoms. The van der Waals surface area contributed by atoms with Gasteiger partial charge in [-0.25, -0.2) is 4.98 Å². The molecule has 9 nitrogen and oxygen atoms in total. The Bertz CT molecular complexity index is 1390. The first-order valence-corrected chi connectivity index (χ1v) is 11.6. The van der Waals surface area contributed by atoms with Crippen LogP contribution in [-0.4, -0.2) is 38.4 Å². The fourth-order valence-electron chi connectivity index (χ4n) is 4.22. The van der Waals surface area contributed by atoms with E-state index in [2.05, 4.69) is 36.1 Å². The summed E-state index contributed by atoms with van der Waals surface area (Å²) >= 11 is 0. The maximum atomic E-state index is 14.1. The first-order chi connectivity index (χ1) is 16.7. The third-order valence-electron chi connectivity index (χ3n) is 5.84. The standard InChI is InChI=1S/C25H29FN6O3/c1-14-6-7-17(35-14)16-12-19-18(33-13-34-19)10-15(16)11-20-29-21-22(27)30-24(26)31-23(21)32(20)9-5-8-28-25(2,3)4/h6-7,10,12,28H,5,8-9,11,13H2,1-4H3,(H2,27,30,31). The van der Waals surface area contributed by atoms with Gasteiger partial charge in [0.05, 0.1) is 0 Å². The molecular weight excluding hydrogens is 451 g/mol. The van der Waals surface area contributed by atoms with E-state index in [0.717, 1.165) is 35.6 Å². The van der Waals surface area contributed by atoms with Gasteiger partial charge in [-0.3, -0.25) is 0 Å². The summed E-state index contributed by atoms with van der Waals surface area (Å²) in [6.45, 7) is 9.79. The minimum Gasteiger partial charge on any atom is -0.461 e. The molecule has 0 spiro atoms. The molecule has 0 atom stereocenters. The summed E-state index contributed by atoms with van der Waals surface area (Å²) in [4.78, 5) is 12.4. The molecule has 0 radical (unpaired) electrons. The van der Waals surface area contributed by atoms with Crippen molar-refractivity contribution in [2.24, 2.45) is 0 Å². The maximum Gasteiger partial charge on any atom is 0.312 e. The van der Waals surface area contributed by atoms with Crippen molar-refractivity contribution >= 4 is 17.0 Å². The van der Waals surface area contributed by atoms with Crippen LogP contribution in [0.1, 0.15) is 44.3 Å². The van der Waals surface area contributed by atoms with Gasteiger partial charge in [-0.15, -0.1) is 0 Å². The highest BCUT2D eigenvalue weighted by atomic mass is 19.1. The lowest BCUT2D eigenvalue weighted by atomic mass is 10.0. The topological polar surface area (TPSA) is 113 Å². The van der Waals surface area contributed by atoms with Crippen molar-refractivity contribution < 1.29 is 18.3 Å². The van der Waals surface area contributed by atoms with Crippen LogP contribution in [0.15, 0.2) is 28.7 Å². The van der Waals surface area contributed by atoms with E-state index in [1.807, 2.05) is 35.8 Å². The molecule has 0 amide bonds. The number of hydrogen-bond acceptors (Lipinski definition) is 8. The third-order valence-corrected chi connectivity index (χ3v) is 5.84. The predicted octanol–water partition coefficient (Wildman–Crippen LogP) is 4.21. The number of fused-ring (bicyclic) bond motifs is 2. The number of imidazole rings is 1. The number of ether oxygens (including phenoxy) is 2. The number of nitrogens with two attached hydrogens (primary N) is 1. The first kappa shape index (κ1) is 23.1. The number of hydrogen-bond donors (Lipinski definition) is 2. The van der Waals surface area contributed by atoms with Crippen LogP contribution in [0.4, 0.5) is 10.2 Å². The lowest BCUT2D eigenvalue weighted by Crippen LogP contribution is -2.36. The SMILES string of the molecule is Cc1ccc(-c2cc3c(cc2Cc2nc4c(N)nc(F)nc4n2CCCNC(C)(C)C)OCO3)o1. The van der Waals surface area contributed by atoms with Gasteiger partial charge in [0.1, 0.15) is 17.3 Å². The van der Waals surface area contributed by atoms with Crippen LogP contribution >= 0.6 is 0 Å². The summed E-state index contributed by atoms with van der Waals surface area (Å²) in [6, 6.07) is 7.70. The van der Waals surface area contributed by atoms with Crippen molar-refractivity contribution in [3.8, 4) is 22.8 Å². The molecule has 4 aromatic rings. The molecule has 0 saturated heterocycles. The number of aryl methyl sites for hydroxylation is 2. The molecule has 0 aliphatic carbocycles. The van der Waals surface area contributed by atoms with Crippen LogP contribution in [0.2, 0.25) is 0 Å². The number of nitrogens with one attached hydrogen (secondary N) is 1. The molecule has 1 aromatic carbocycles. The van der Waals surface area contributed by atoms with Crippen LogP contribution in [0.25, 0.3) is 22.5 Å². The highest BCUT2D eigenvalue weighted by molar-refractivity contribution is 5.82. The molecule has 0 fully saturated rings. The van der Waals surface area contributed by atoms with E-state index in [4.69, 9.17) is 24.6 Å². The molecule has 0 saturated carbocycles. The molecular formula is C25H29FN6O3. The second kappa shape index (κ2) is 8.84. The van der Waals surface area contributed by atoms with E-state index in [1.54, 1.807) is 0 Å². The lowest BCUT2D eigenvalue weighted by Gasteiger charge is -2.20. The average molecular weight is 481 g/mol. The van der Waals surface area contributed by atoms with Gasteiger partial charge in [0.15, 0.2) is 28.5 Å². The summed E-state index contributed by atoms with van der Waals surface area (Å²) in [7, 11) is 0. The average Bonchev–Trinajstić information content (AvgIpc) is 3.49. The van der Waals surface area contributed by atoms with E-state index in [0.29, 0.717) is 41.5 Å². The van der Waals surface area contributed by atoms with Gasteiger partial charge in [0.2, 0.25) is 6.79 Å². The smallest absolute Gasteiger partial charge is 0.312 e. The fourth-order valence-corrected chi connectivity index (χ4v) is 4.22. The molecule has 0 unspecified atom stereocenters. The Morgan fingerprint density at radius 3 is 2.60 bits per heavy atom. The Labute approximate surface area is 202 Å². The molecule has 4 heterocycles. The third kappa shape index (κ3) is 4.79. The molecule has 0 bridgehead atoms. The Morgan fingerprint density at radius 1 is 1.11 bits per heavy atom. The number of furan rings is 1. The number of benzene rings is 1. The zero-order valence-corrected chi connectivity index (χ0v) is 20.3. The second-order valence-corrected chi connectivity index (χ2v) is 9.71. The van der Waals surface area contributed by atoms with Crippen molar-refractivity contribution in [3.05, 3.63) is 47.5 Å². The van der Waals surface area contributed by atoms with Crippen molar-refractivity contribution in [1.29, 1.82) is 0 Å². The summed E-state index contributed by atoms with van der Waals surface area (Å²) in [6.07, 6.45) is 0.355. The van der Waals surface area contributed by atoms with Crippen LogP contribution < -0.4 is 20.5 Å². The summed E-state index contributed by atoms with van der Waals surface area (Å²) in [5, 5.41) is 3.48. The van der Waals surface area contributed by atoms with Crippen LogP contribution in [0, 0.1) is 13.0 Å². The molecule has 1 aliphatic rings. The largest absolute Gasteiger partial charge is 0.461 e. The van der Waals surface area contributed by atoms with Crippen LogP contribution in [-0.2, 0) is 13.0 Å². The Morgan fingerprint density at radius 2 is 1.89 bits per heavy atom. The zero-order valence-electron chi connectivity index (χ0n) is 20.3. The Balaban J connectivity index is 1.55. The number of aromatic nitrogens is 4. The second-order valence-electron chi connectivity index (χ2n) is 9.71.